The zero-order valence-electron chi connectivity index (χ0n) is 27.2. The van der Waals surface area contributed by atoms with Crippen LogP contribution in [0.15, 0.2) is 44.5 Å². The minimum Gasteiger partial charge on any atom is -0.451 e. The molecule has 250 valence electrons. The molecule has 1 amide bonds. The lowest BCUT2D eigenvalue weighted by atomic mass is 10.00. The number of anilines is 1. The van der Waals surface area contributed by atoms with E-state index in [1.807, 2.05) is 18.2 Å². The van der Waals surface area contributed by atoms with Gasteiger partial charge in [0.1, 0.15) is 16.8 Å². The molecule has 2 aliphatic heterocycles. The van der Waals surface area contributed by atoms with Gasteiger partial charge in [-0.05, 0) is 87.8 Å². The van der Waals surface area contributed by atoms with Crippen LogP contribution in [0.3, 0.4) is 0 Å². The molecule has 2 fully saturated rings. The first-order valence-electron chi connectivity index (χ1n) is 17.1. The van der Waals surface area contributed by atoms with Crippen molar-refractivity contribution in [1.82, 2.24) is 19.5 Å². The van der Waals surface area contributed by atoms with Crippen LogP contribution in [0.5, 0.6) is 0 Å². The van der Waals surface area contributed by atoms with Crippen molar-refractivity contribution in [2.75, 3.05) is 64.8 Å². The van der Waals surface area contributed by atoms with E-state index in [1.54, 1.807) is 16.7 Å². The van der Waals surface area contributed by atoms with Gasteiger partial charge in [0.15, 0.2) is 22.4 Å². The third kappa shape index (κ3) is 5.34. The number of nitrogens with zero attached hydrogens (tertiary/aromatic N) is 3. The van der Waals surface area contributed by atoms with Crippen LogP contribution in [0.4, 0.5) is 10.1 Å². The van der Waals surface area contributed by atoms with E-state index in [1.165, 1.54) is 6.07 Å². The number of morpholine rings is 1. The molecule has 2 aromatic heterocycles. The van der Waals surface area contributed by atoms with Crippen LogP contribution in [0, 0.1) is 5.82 Å². The van der Waals surface area contributed by atoms with Crippen molar-refractivity contribution in [1.29, 1.82) is 0 Å². The van der Waals surface area contributed by atoms with E-state index in [0.717, 1.165) is 75.7 Å². The van der Waals surface area contributed by atoms with Crippen molar-refractivity contribution in [3.8, 4) is 0 Å². The maximum atomic E-state index is 16.0. The summed E-state index contributed by atoms with van der Waals surface area (Å²) in [7, 11) is 2.09. The smallest absolute Gasteiger partial charge is 0.256 e. The van der Waals surface area contributed by atoms with Crippen molar-refractivity contribution < 1.29 is 18.3 Å². The topological polar surface area (TPSA) is 109 Å². The number of aromatic nitrogens is 1. The fourth-order valence-corrected chi connectivity index (χ4v) is 7.86. The zero-order chi connectivity index (χ0) is 32.9. The first kappa shape index (κ1) is 31.0. The van der Waals surface area contributed by atoms with E-state index >= 15 is 4.39 Å². The summed E-state index contributed by atoms with van der Waals surface area (Å²) in [4.78, 5) is 45.5. The number of carbonyl (C=O) groups excluding carboxylic acids is 1. The molecule has 1 unspecified atom stereocenters. The number of hydrogen-bond acceptors (Lipinski definition) is 8. The third-order valence-electron chi connectivity index (χ3n) is 10.5. The Hall–Kier alpha value is -4.32. The van der Waals surface area contributed by atoms with Crippen LogP contribution in [0.1, 0.15) is 53.6 Å². The molecule has 48 heavy (non-hydrogen) atoms. The second kappa shape index (κ2) is 12.6. The number of hydrogen-bond donors (Lipinski definition) is 2. The molecule has 5 aromatic rings. The third-order valence-corrected chi connectivity index (χ3v) is 10.5. The van der Waals surface area contributed by atoms with Crippen LogP contribution in [-0.2, 0) is 11.2 Å². The molecule has 2 N–H and O–H groups in total. The molecule has 0 saturated carbocycles. The summed E-state index contributed by atoms with van der Waals surface area (Å²) in [5.74, 6) is -1.14. The number of rotatable bonds is 9. The molecule has 3 aliphatic rings. The first-order valence-corrected chi connectivity index (χ1v) is 17.1. The van der Waals surface area contributed by atoms with Crippen LogP contribution in [0.2, 0.25) is 0 Å². The number of fused-ring (bicyclic) bond motifs is 5. The lowest BCUT2D eigenvalue weighted by Crippen LogP contribution is -2.37. The van der Waals surface area contributed by atoms with E-state index < -0.39 is 17.2 Å². The van der Waals surface area contributed by atoms with Gasteiger partial charge in [-0.15, -0.1) is 0 Å². The number of carbonyl (C=O) groups is 1. The number of likely N-dealkylation sites (tertiary alicyclic amines) is 1. The number of amides is 1. The predicted molar refractivity (Wildman–Crippen MR) is 186 cm³/mol. The second-order valence-corrected chi connectivity index (χ2v) is 13.4. The highest BCUT2D eigenvalue weighted by atomic mass is 19.1. The Morgan fingerprint density at radius 1 is 1.04 bits per heavy atom. The molecule has 4 heterocycles. The molecule has 0 bridgehead atoms. The monoisotopic (exact) mass is 653 g/mol. The summed E-state index contributed by atoms with van der Waals surface area (Å²) in [5, 5.41) is 7.60. The summed E-state index contributed by atoms with van der Waals surface area (Å²) in [6, 6.07) is 5.23. The Bertz CT molecular complexity index is 2200. The van der Waals surface area contributed by atoms with Crippen LogP contribution >= 0.6 is 0 Å². The number of nitrogens with one attached hydrogen (secondary N) is 2. The Labute approximate surface area is 276 Å². The highest BCUT2D eigenvalue weighted by Gasteiger charge is 2.26. The van der Waals surface area contributed by atoms with Gasteiger partial charge in [-0.1, -0.05) is 12.2 Å². The van der Waals surface area contributed by atoms with Gasteiger partial charge < -0.3 is 29.1 Å². The zero-order valence-corrected chi connectivity index (χ0v) is 27.2. The lowest BCUT2D eigenvalue weighted by molar-refractivity contribution is 0.0378. The van der Waals surface area contributed by atoms with Crippen molar-refractivity contribution in [3.05, 3.63) is 73.4 Å². The largest absolute Gasteiger partial charge is 0.451 e. The molecule has 11 heteroatoms. The maximum absolute atomic E-state index is 16.0. The van der Waals surface area contributed by atoms with Crippen molar-refractivity contribution in [2.24, 2.45) is 0 Å². The molecule has 0 spiro atoms. The highest BCUT2D eigenvalue weighted by Crippen LogP contribution is 2.36. The number of halogens is 1. The second-order valence-electron chi connectivity index (χ2n) is 13.4. The van der Waals surface area contributed by atoms with Gasteiger partial charge in [0, 0.05) is 49.4 Å². The van der Waals surface area contributed by atoms with Crippen LogP contribution in [0.25, 0.3) is 44.4 Å². The molecule has 1 atom stereocenters. The van der Waals surface area contributed by atoms with Gasteiger partial charge in [0.05, 0.1) is 24.1 Å². The number of ether oxygens (including phenoxy) is 1. The lowest BCUT2D eigenvalue weighted by Gasteiger charge is -2.26. The molecular weight excluding hydrogens is 613 g/mol. The molecule has 0 radical (unpaired) electrons. The predicted octanol–water partition coefficient (Wildman–Crippen LogP) is 4.60. The van der Waals surface area contributed by atoms with Gasteiger partial charge in [0.25, 0.3) is 5.91 Å². The quantitative estimate of drug-likeness (QED) is 0.135. The Morgan fingerprint density at radius 3 is 2.71 bits per heavy atom. The minimum absolute atomic E-state index is 0.0623. The van der Waals surface area contributed by atoms with Gasteiger partial charge in [-0.2, -0.15) is 0 Å². The molecule has 1 aliphatic carbocycles. The van der Waals surface area contributed by atoms with E-state index in [-0.39, 0.29) is 27.6 Å². The highest BCUT2D eigenvalue weighted by molar-refractivity contribution is 6.08. The average molecular weight is 654 g/mol. The summed E-state index contributed by atoms with van der Waals surface area (Å²) < 4.78 is 29.6. The van der Waals surface area contributed by atoms with Crippen molar-refractivity contribution >= 4 is 56.0 Å². The van der Waals surface area contributed by atoms with Crippen molar-refractivity contribution in [3.63, 3.8) is 0 Å². The maximum Gasteiger partial charge on any atom is 0.256 e. The van der Waals surface area contributed by atoms with Gasteiger partial charge in [-0.3, -0.25) is 19.3 Å². The SMILES string of the molecule is CN1CCCC1CCNC(=O)c1cn2c3cc4c5c(c(=O)c4cc3oc3c(NCCCN4CCOCC4)c(F)cc(c1=O)c32)C=CCC5. The fraction of sp³-hybridized carbons (Fsp3) is 0.432. The van der Waals surface area contributed by atoms with Crippen LogP contribution in [-0.4, -0.2) is 85.7 Å². The fourth-order valence-electron chi connectivity index (χ4n) is 7.86. The molecule has 3 aromatic carbocycles. The summed E-state index contributed by atoms with van der Waals surface area (Å²) >= 11 is 0. The Balaban J connectivity index is 1.24. The summed E-state index contributed by atoms with van der Waals surface area (Å²) in [5.41, 5.74) is 2.64. The Morgan fingerprint density at radius 2 is 1.90 bits per heavy atom. The number of aryl methyl sites for hydroxylation is 1. The van der Waals surface area contributed by atoms with E-state index in [4.69, 9.17) is 9.15 Å². The molecule has 10 nitrogen and oxygen atoms in total. The number of allylic oxidation sites excluding steroid dienone is 1. The standard InChI is InChI=1S/C37H40FN5O5/c1-41-12-4-6-22(41)9-11-40-37(46)28-21-43-30-19-25-23-7-2-3-8-24(23)34(44)26(25)20-31(30)48-36-32(29(38)18-27(33(36)43)35(28)45)39-10-5-13-42-14-16-47-17-15-42/h3,8,18-22,39H,2,4-7,9-17H2,1H3,(H,40,46). The minimum atomic E-state index is -0.641. The number of benzene rings is 2. The van der Waals surface area contributed by atoms with Gasteiger partial charge >= 0.3 is 0 Å². The molecular formula is C37H40FN5O5. The number of pyridine rings is 1. The van der Waals surface area contributed by atoms with Crippen LogP contribution < -0.4 is 21.5 Å². The van der Waals surface area contributed by atoms with E-state index in [2.05, 4.69) is 27.5 Å². The summed E-state index contributed by atoms with van der Waals surface area (Å²) in [6.45, 7) is 5.94. The molecule has 2 saturated heterocycles. The normalized spacial score (nSPS) is 18.8. The molecule has 8 rings (SSSR count). The van der Waals surface area contributed by atoms with E-state index in [0.29, 0.717) is 59.9 Å². The van der Waals surface area contributed by atoms with Crippen molar-refractivity contribution in [2.45, 2.75) is 44.6 Å². The van der Waals surface area contributed by atoms with E-state index in [9.17, 15) is 14.4 Å². The van der Waals surface area contributed by atoms with Gasteiger partial charge in [-0.25, -0.2) is 4.39 Å². The summed E-state index contributed by atoms with van der Waals surface area (Å²) in [6.07, 6.45) is 10.8. The van der Waals surface area contributed by atoms with Gasteiger partial charge in [0.2, 0.25) is 5.43 Å². The first-order chi connectivity index (χ1) is 23.4. The Kier molecular flexibility index (Phi) is 8.14. The average Bonchev–Trinajstić information content (AvgIpc) is 3.63.